The third-order valence-corrected chi connectivity index (χ3v) is 1.98. The molecule has 16 heavy (non-hydrogen) atoms. The molecule has 0 fully saturated rings. The first-order valence-corrected chi connectivity index (χ1v) is 5.48. The van der Waals surface area contributed by atoms with Crippen LogP contribution < -0.4 is 5.32 Å². The van der Waals surface area contributed by atoms with E-state index in [9.17, 15) is 14.4 Å². The van der Waals surface area contributed by atoms with E-state index in [4.69, 9.17) is 0 Å². The van der Waals surface area contributed by atoms with Crippen molar-refractivity contribution in [2.75, 3.05) is 6.54 Å². The predicted molar refractivity (Wildman–Crippen MR) is 62.0 cm³/mol. The highest BCUT2D eigenvalue weighted by Crippen LogP contribution is 1.94. The summed E-state index contributed by atoms with van der Waals surface area (Å²) in [5.41, 5.74) is 0. The van der Waals surface area contributed by atoms with E-state index in [1.54, 1.807) is 13.0 Å². The van der Waals surface area contributed by atoms with Crippen LogP contribution in [0, 0.1) is 0 Å². The molecule has 4 heteroatoms. The van der Waals surface area contributed by atoms with Crippen LogP contribution in [0.2, 0.25) is 0 Å². The molecule has 0 aliphatic rings. The van der Waals surface area contributed by atoms with E-state index in [1.165, 1.54) is 13.0 Å². The average molecular weight is 225 g/mol. The van der Waals surface area contributed by atoms with Crippen molar-refractivity contribution in [2.45, 2.75) is 39.5 Å². The average Bonchev–Trinajstić information content (AvgIpc) is 2.22. The highest BCUT2D eigenvalue weighted by molar-refractivity contribution is 5.92. The summed E-state index contributed by atoms with van der Waals surface area (Å²) in [6, 6.07) is 0. The summed E-state index contributed by atoms with van der Waals surface area (Å²) in [5, 5.41) is 2.67. The molecular weight excluding hydrogens is 206 g/mol. The lowest BCUT2D eigenvalue weighted by molar-refractivity contribution is -0.124. The molecule has 0 aromatic rings. The second kappa shape index (κ2) is 8.83. The van der Waals surface area contributed by atoms with Crippen LogP contribution >= 0.6 is 0 Å². The molecule has 0 aliphatic carbocycles. The Bertz CT molecular complexity index is 282. The van der Waals surface area contributed by atoms with Crippen molar-refractivity contribution >= 4 is 17.5 Å². The monoisotopic (exact) mass is 225 g/mol. The molecule has 0 aliphatic heterocycles. The van der Waals surface area contributed by atoms with Gasteiger partial charge in [0.1, 0.15) is 5.78 Å². The minimum absolute atomic E-state index is 0.0404. The van der Waals surface area contributed by atoms with Crippen LogP contribution in [0.25, 0.3) is 0 Å². The Morgan fingerprint density at radius 3 is 2.38 bits per heavy atom. The molecule has 0 aromatic heterocycles. The van der Waals surface area contributed by atoms with Crippen molar-refractivity contribution in [2.24, 2.45) is 0 Å². The van der Waals surface area contributed by atoms with Crippen LogP contribution in [0.4, 0.5) is 0 Å². The number of hydrogen-bond donors (Lipinski definition) is 1. The van der Waals surface area contributed by atoms with Gasteiger partial charge >= 0.3 is 0 Å². The van der Waals surface area contributed by atoms with E-state index in [1.807, 2.05) is 0 Å². The van der Waals surface area contributed by atoms with E-state index in [-0.39, 0.29) is 30.3 Å². The Labute approximate surface area is 96.1 Å². The third-order valence-electron chi connectivity index (χ3n) is 1.98. The predicted octanol–water partition coefficient (Wildman–Crippen LogP) is 1.40. The van der Waals surface area contributed by atoms with Crippen molar-refractivity contribution in [3.8, 4) is 0 Å². The first kappa shape index (κ1) is 14.6. The van der Waals surface area contributed by atoms with Crippen LogP contribution in [0.15, 0.2) is 12.2 Å². The van der Waals surface area contributed by atoms with Crippen molar-refractivity contribution in [1.29, 1.82) is 0 Å². The summed E-state index contributed by atoms with van der Waals surface area (Å²) in [6.07, 6.45) is 4.71. The zero-order chi connectivity index (χ0) is 12.4. The summed E-state index contributed by atoms with van der Waals surface area (Å²) in [6.45, 7) is 3.79. The lowest BCUT2D eigenvalue weighted by atomic mass is 10.2. The molecule has 1 amide bonds. The van der Waals surface area contributed by atoms with E-state index in [0.717, 1.165) is 0 Å². The molecule has 0 heterocycles. The number of carbonyl (C=O) groups excluding carboxylic acids is 3. The number of carbonyl (C=O) groups is 3. The second-order valence-corrected chi connectivity index (χ2v) is 3.62. The largest absolute Gasteiger partial charge is 0.356 e. The fourth-order valence-corrected chi connectivity index (χ4v) is 1.16. The molecule has 0 radical (unpaired) electrons. The Morgan fingerprint density at radius 1 is 1.12 bits per heavy atom. The molecule has 0 rings (SSSR count). The van der Waals surface area contributed by atoms with Gasteiger partial charge in [-0.25, -0.2) is 0 Å². The fourth-order valence-electron chi connectivity index (χ4n) is 1.16. The van der Waals surface area contributed by atoms with Crippen LogP contribution in [-0.2, 0) is 14.4 Å². The smallest absolute Gasteiger partial charge is 0.220 e. The van der Waals surface area contributed by atoms with E-state index >= 15 is 0 Å². The van der Waals surface area contributed by atoms with E-state index < -0.39 is 0 Å². The number of Topliss-reactive ketones (excluding diaryl/α,β-unsaturated/α-hetero) is 1. The van der Waals surface area contributed by atoms with Gasteiger partial charge in [-0.3, -0.25) is 9.59 Å². The lowest BCUT2D eigenvalue weighted by Crippen LogP contribution is -2.25. The highest BCUT2D eigenvalue weighted by atomic mass is 16.2. The Morgan fingerprint density at radius 2 is 1.81 bits per heavy atom. The maximum absolute atomic E-state index is 11.2. The first-order valence-electron chi connectivity index (χ1n) is 5.48. The van der Waals surface area contributed by atoms with Gasteiger partial charge in [-0.1, -0.05) is 6.08 Å². The van der Waals surface area contributed by atoms with Crippen molar-refractivity contribution in [1.82, 2.24) is 5.32 Å². The van der Waals surface area contributed by atoms with Gasteiger partial charge in [-0.2, -0.15) is 0 Å². The minimum Gasteiger partial charge on any atom is -0.356 e. The topological polar surface area (TPSA) is 63.2 Å². The maximum atomic E-state index is 11.2. The molecule has 1 N–H and O–H groups in total. The molecule has 0 spiro atoms. The summed E-state index contributed by atoms with van der Waals surface area (Å²) in [7, 11) is 0. The Hall–Kier alpha value is -1.45. The molecule has 0 bridgehead atoms. The molecule has 0 saturated carbocycles. The minimum atomic E-state index is -0.138. The van der Waals surface area contributed by atoms with Gasteiger partial charge in [0.15, 0.2) is 5.78 Å². The van der Waals surface area contributed by atoms with Crippen LogP contribution in [0.3, 0.4) is 0 Å². The molecule has 0 aromatic carbocycles. The van der Waals surface area contributed by atoms with Crippen molar-refractivity contribution in [3.63, 3.8) is 0 Å². The maximum Gasteiger partial charge on any atom is 0.220 e. The highest BCUT2D eigenvalue weighted by Gasteiger charge is 2.03. The number of rotatable bonds is 8. The third kappa shape index (κ3) is 9.12. The van der Waals surface area contributed by atoms with Crippen molar-refractivity contribution in [3.05, 3.63) is 12.2 Å². The van der Waals surface area contributed by atoms with Crippen LogP contribution in [-0.4, -0.2) is 24.0 Å². The van der Waals surface area contributed by atoms with Crippen LogP contribution in [0.5, 0.6) is 0 Å². The molecular formula is C12H19NO3. The summed E-state index contributed by atoms with van der Waals surface area (Å²) in [5.74, 6) is -0.0553. The van der Waals surface area contributed by atoms with Gasteiger partial charge in [-0.05, 0) is 26.3 Å². The van der Waals surface area contributed by atoms with Gasteiger partial charge in [0.2, 0.25) is 5.91 Å². The number of allylic oxidation sites excluding steroid dienone is 2. The van der Waals surface area contributed by atoms with Gasteiger partial charge in [-0.15, -0.1) is 0 Å². The van der Waals surface area contributed by atoms with Gasteiger partial charge in [0.05, 0.1) is 0 Å². The lowest BCUT2D eigenvalue weighted by Gasteiger charge is -2.02. The SMILES string of the molecule is CC=CC(=O)CCC(=O)NCCCC(C)=O. The van der Waals surface area contributed by atoms with E-state index in [0.29, 0.717) is 19.4 Å². The number of hydrogen-bond acceptors (Lipinski definition) is 3. The summed E-state index contributed by atoms with van der Waals surface area (Å²) in [4.78, 5) is 32.9. The molecule has 4 nitrogen and oxygen atoms in total. The molecule has 0 saturated heterocycles. The van der Waals surface area contributed by atoms with Gasteiger partial charge in [0.25, 0.3) is 0 Å². The number of nitrogens with one attached hydrogen (secondary N) is 1. The van der Waals surface area contributed by atoms with Gasteiger partial charge in [0, 0.05) is 25.8 Å². The fraction of sp³-hybridized carbons (Fsp3) is 0.583. The zero-order valence-corrected chi connectivity index (χ0v) is 9.91. The quantitative estimate of drug-likeness (QED) is 0.501. The van der Waals surface area contributed by atoms with Crippen molar-refractivity contribution < 1.29 is 14.4 Å². The molecule has 0 atom stereocenters. The summed E-state index contributed by atoms with van der Waals surface area (Å²) >= 11 is 0. The Kier molecular flexibility index (Phi) is 8.03. The van der Waals surface area contributed by atoms with Gasteiger partial charge < -0.3 is 10.1 Å². The molecule has 0 unspecified atom stereocenters. The second-order valence-electron chi connectivity index (χ2n) is 3.62. The number of ketones is 2. The zero-order valence-electron chi connectivity index (χ0n) is 9.91. The van der Waals surface area contributed by atoms with E-state index in [2.05, 4.69) is 5.32 Å². The normalized spacial score (nSPS) is 10.4. The summed E-state index contributed by atoms with van der Waals surface area (Å²) < 4.78 is 0. The molecule has 90 valence electrons. The standard InChI is InChI=1S/C12H19NO3/c1-3-5-11(15)7-8-12(16)13-9-4-6-10(2)14/h3,5H,4,6-9H2,1-2H3,(H,13,16). The first-order chi connectivity index (χ1) is 7.56. The van der Waals surface area contributed by atoms with Crippen LogP contribution in [0.1, 0.15) is 39.5 Å². The Balaban J connectivity index is 3.52. The number of amides is 1.